The molecule has 2 aliphatic carbocycles. The number of hydrogen-bond donors (Lipinski definition) is 1. The monoisotopic (exact) mass is 198 g/mol. The third-order valence-corrected chi connectivity index (χ3v) is 1.85. The van der Waals surface area contributed by atoms with Crippen molar-refractivity contribution in [2.24, 2.45) is 0 Å². The molecule has 1 N–H and O–H groups in total. The molecule has 1 atom stereocenters. The van der Waals surface area contributed by atoms with E-state index in [1.54, 1.807) is 6.08 Å². The lowest BCUT2D eigenvalue weighted by Gasteiger charge is -1.89. The summed E-state index contributed by atoms with van der Waals surface area (Å²) in [7, 11) is 0. The second-order valence-corrected chi connectivity index (χ2v) is 2.98. The van der Waals surface area contributed by atoms with Gasteiger partial charge in [0.1, 0.15) is 0 Å². The van der Waals surface area contributed by atoms with Gasteiger partial charge in [-0.3, -0.25) is 4.79 Å². The van der Waals surface area contributed by atoms with Crippen LogP contribution in [0.3, 0.4) is 0 Å². The van der Waals surface area contributed by atoms with Gasteiger partial charge in [0.2, 0.25) is 0 Å². The van der Waals surface area contributed by atoms with Crippen LogP contribution < -0.4 is 0 Å². The van der Waals surface area contributed by atoms with Crippen LogP contribution in [0.1, 0.15) is 40.5 Å². The number of carbonyl (C=O) groups excluding carboxylic acids is 1. The topological polar surface area (TPSA) is 37.3 Å². The van der Waals surface area contributed by atoms with E-state index in [-0.39, 0.29) is 26.7 Å². The van der Waals surface area contributed by atoms with Crippen molar-refractivity contribution in [3.63, 3.8) is 0 Å². The van der Waals surface area contributed by atoms with Crippen LogP contribution >= 0.6 is 0 Å². The lowest BCUT2D eigenvalue weighted by molar-refractivity contribution is -0.114. The van der Waals surface area contributed by atoms with E-state index in [9.17, 15) is 4.79 Å². The molecule has 0 amide bonds. The zero-order valence-corrected chi connectivity index (χ0v) is 7.07. The highest BCUT2D eigenvalue weighted by Gasteiger charge is 2.00. The quantitative estimate of drug-likeness (QED) is 0.608. The van der Waals surface area contributed by atoms with Crippen LogP contribution in [0.5, 0.6) is 0 Å². The van der Waals surface area contributed by atoms with Crippen molar-refractivity contribution in [2.45, 2.75) is 46.6 Å². The van der Waals surface area contributed by atoms with Gasteiger partial charge in [-0.15, -0.1) is 0 Å². The number of carbonyl (C=O) groups is 1. The molecular weight excluding hydrogens is 176 g/mol. The summed E-state index contributed by atoms with van der Waals surface area (Å²) < 4.78 is 0. The van der Waals surface area contributed by atoms with E-state index in [1.807, 2.05) is 18.2 Å². The second kappa shape index (κ2) is 8.70. The molecule has 0 aliphatic heterocycles. The first-order valence-electron chi connectivity index (χ1n) is 4.33. The summed E-state index contributed by atoms with van der Waals surface area (Å²) in [6.07, 6.45) is 10.9. The molecule has 0 fully saturated rings. The fourth-order valence-corrected chi connectivity index (χ4v) is 1.14. The number of aliphatic hydroxyl groups excluding tert-OH is 1. The third-order valence-electron chi connectivity index (χ3n) is 1.85. The van der Waals surface area contributed by atoms with Crippen LogP contribution in [0.25, 0.3) is 0 Å². The Morgan fingerprint density at radius 2 is 1.93 bits per heavy atom. The zero-order valence-electron chi connectivity index (χ0n) is 7.07. The Kier molecular flexibility index (Phi) is 9.68. The van der Waals surface area contributed by atoms with E-state index < -0.39 is 0 Å². The minimum Gasteiger partial charge on any atom is -0.389 e. The molecule has 82 valence electrons. The van der Waals surface area contributed by atoms with Crippen LogP contribution in [0, 0.1) is 0 Å². The summed E-state index contributed by atoms with van der Waals surface area (Å²) in [4.78, 5) is 10.2. The number of hydrogen-bond acceptors (Lipinski definition) is 2. The molecule has 14 heavy (non-hydrogen) atoms. The van der Waals surface area contributed by atoms with Gasteiger partial charge < -0.3 is 5.11 Å². The van der Waals surface area contributed by atoms with Gasteiger partial charge in [0.15, 0.2) is 5.78 Å². The molecule has 0 spiro atoms. The SMILES string of the molecule is C.C.O=C1C=CCC1.OC1C=CCC1. The fraction of sp³-hybridized carbons (Fsp3) is 0.583. The van der Waals surface area contributed by atoms with Gasteiger partial charge in [0, 0.05) is 6.42 Å². The Morgan fingerprint density at radius 3 is 2.07 bits per heavy atom. The first-order valence-corrected chi connectivity index (χ1v) is 4.33. The normalized spacial score (nSPS) is 22.1. The van der Waals surface area contributed by atoms with Crippen LogP contribution in [0.2, 0.25) is 0 Å². The minimum absolute atomic E-state index is 0. The van der Waals surface area contributed by atoms with Crippen molar-refractivity contribution in [3.8, 4) is 0 Å². The number of ketones is 1. The summed E-state index contributed by atoms with van der Waals surface area (Å²) in [6, 6.07) is 0. The largest absolute Gasteiger partial charge is 0.389 e. The number of rotatable bonds is 0. The van der Waals surface area contributed by atoms with Gasteiger partial charge >= 0.3 is 0 Å². The molecular formula is C12H22O2. The molecule has 0 saturated carbocycles. The summed E-state index contributed by atoms with van der Waals surface area (Å²) in [5.74, 6) is 0.273. The summed E-state index contributed by atoms with van der Waals surface area (Å²) in [5, 5.41) is 8.64. The van der Waals surface area contributed by atoms with E-state index in [4.69, 9.17) is 5.11 Å². The molecule has 2 heteroatoms. The van der Waals surface area contributed by atoms with Crippen molar-refractivity contribution in [3.05, 3.63) is 24.3 Å². The van der Waals surface area contributed by atoms with Gasteiger partial charge in [0.25, 0.3) is 0 Å². The Balaban J connectivity index is 0. The lowest BCUT2D eigenvalue weighted by Crippen LogP contribution is -1.93. The molecule has 1 unspecified atom stereocenters. The smallest absolute Gasteiger partial charge is 0.155 e. The third kappa shape index (κ3) is 6.61. The number of aliphatic hydroxyl groups is 1. The molecule has 0 radical (unpaired) electrons. The lowest BCUT2D eigenvalue weighted by atomic mass is 10.3. The van der Waals surface area contributed by atoms with Crippen molar-refractivity contribution >= 4 is 5.78 Å². The predicted molar refractivity (Wildman–Crippen MR) is 61.2 cm³/mol. The Morgan fingerprint density at radius 1 is 1.21 bits per heavy atom. The molecule has 0 heterocycles. The van der Waals surface area contributed by atoms with Crippen LogP contribution in [0.4, 0.5) is 0 Å². The highest BCUT2D eigenvalue weighted by Crippen LogP contribution is 2.06. The van der Waals surface area contributed by atoms with Gasteiger partial charge in [-0.25, -0.2) is 0 Å². The van der Waals surface area contributed by atoms with Gasteiger partial charge in [-0.1, -0.05) is 33.1 Å². The van der Waals surface area contributed by atoms with Crippen molar-refractivity contribution in [1.29, 1.82) is 0 Å². The van der Waals surface area contributed by atoms with Crippen molar-refractivity contribution in [1.82, 2.24) is 0 Å². The van der Waals surface area contributed by atoms with Crippen LogP contribution in [-0.2, 0) is 4.79 Å². The average molecular weight is 198 g/mol. The molecule has 0 aromatic carbocycles. The van der Waals surface area contributed by atoms with E-state index in [0.29, 0.717) is 0 Å². The summed E-state index contributed by atoms with van der Waals surface area (Å²) in [6.45, 7) is 0. The number of allylic oxidation sites excluding steroid dienone is 3. The average Bonchev–Trinajstić information content (AvgIpc) is 2.63. The summed E-state index contributed by atoms with van der Waals surface area (Å²) in [5.41, 5.74) is 0. The Bertz CT molecular complexity index is 204. The first-order chi connectivity index (χ1) is 5.79. The Labute approximate surface area is 87.3 Å². The summed E-state index contributed by atoms with van der Waals surface area (Å²) >= 11 is 0. The predicted octanol–water partition coefficient (Wildman–Crippen LogP) is 2.88. The van der Waals surface area contributed by atoms with Gasteiger partial charge in [0.05, 0.1) is 6.10 Å². The molecule has 0 aromatic heterocycles. The molecule has 0 bridgehead atoms. The molecule has 0 aromatic rings. The second-order valence-electron chi connectivity index (χ2n) is 2.98. The fourth-order valence-electron chi connectivity index (χ4n) is 1.14. The molecule has 2 nitrogen and oxygen atoms in total. The van der Waals surface area contributed by atoms with Crippen LogP contribution in [-0.4, -0.2) is 17.0 Å². The highest BCUT2D eigenvalue weighted by molar-refractivity contribution is 5.91. The maximum Gasteiger partial charge on any atom is 0.155 e. The molecule has 0 saturated heterocycles. The maximum atomic E-state index is 10.2. The van der Waals surface area contributed by atoms with E-state index in [1.165, 1.54) is 0 Å². The molecule has 2 aliphatic rings. The standard InChI is InChI=1S/C5H8O.C5H6O.2CH4/c2*6-5-3-1-2-4-5;;/h1,3,5-6H,2,4H2;1,3H,2,4H2;2*1H4. The van der Waals surface area contributed by atoms with Gasteiger partial charge in [-0.2, -0.15) is 0 Å². The van der Waals surface area contributed by atoms with E-state index in [0.717, 1.165) is 25.7 Å². The highest BCUT2D eigenvalue weighted by atomic mass is 16.3. The first kappa shape index (κ1) is 15.6. The van der Waals surface area contributed by atoms with Crippen LogP contribution in [0.15, 0.2) is 24.3 Å². The Hall–Kier alpha value is -0.890. The zero-order chi connectivity index (χ0) is 8.81. The minimum atomic E-state index is -0.134. The van der Waals surface area contributed by atoms with Gasteiger partial charge in [-0.05, 0) is 25.3 Å². The van der Waals surface area contributed by atoms with Crippen molar-refractivity contribution in [2.75, 3.05) is 0 Å². The maximum absolute atomic E-state index is 10.2. The van der Waals surface area contributed by atoms with E-state index >= 15 is 0 Å². The van der Waals surface area contributed by atoms with E-state index in [2.05, 4.69) is 0 Å². The van der Waals surface area contributed by atoms with Crippen molar-refractivity contribution < 1.29 is 9.90 Å². The molecule has 2 rings (SSSR count).